The van der Waals surface area contributed by atoms with E-state index < -0.39 is 0 Å². The van der Waals surface area contributed by atoms with Gasteiger partial charge in [0.2, 0.25) is 5.95 Å². The van der Waals surface area contributed by atoms with Gasteiger partial charge in [-0.05, 0) is 31.9 Å². The number of hydrazone groups is 1. The van der Waals surface area contributed by atoms with Gasteiger partial charge < -0.3 is 0 Å². The largest absolute Gasteiger partial charge is 0.277 e. The standard InChI is InChI=1S/C17H24N4O/c1-4-6-12-21-16(22)14-10-7-8-11-15(14)18-17(21)20-19-13(3)9-5-2/h7-8,10-11H,4-6,9,12H2,1-3H3,(H,18,20)/b19-13+. The van der Waals surface area contributed by atoms with E-state index in [9.17, 15) is 4.79 Å². The lowest BCUT2D eigenvalue weighted by Gasteiger charge is -2.12. The molecule has 0 radical (unpaired) electrons. The van der Waals surface area contributed by atoms with Crippen LogP contribution in [0.2, 0.25) is 0 Å². The summed E-state index contributed by atoms with van der Waals surface area (Å²) in [4.78, 5) is 17.2. The molecule has 2 rings (SSSR count). The number of rotatable bonds is 7. The summed E-state index contributed by atoms with van der Waals surface area (Å²) < 4.78 is 1.69. The van der Waals surface area contributed by atoms with Gasteiger partial charge in [0, 0.05) is 12.3 Å². The summed E-state index contributed by atoms with van der Waals surface area (Å²) in [5.74, 6) is 0.521. The van der Waals surface area contributed by atoms with Crippen molar-refractivity contribution in [2.75, 3.05) is 5.43 Å². The maximum Gasteiger partial charge on any atom is 0.262 e. The zero-order valence-electron chi connectivity index (χ0n) is 13.6. The highest BCUT2D eigenvalue weighted by atomic mass is 16.1. The van der Waals surface area contributed by atoms with Crippen LogP contribution in [0, 0.1) is 0 Å². The van der Waals surface area contributed by atoms with Crippen LogP contribution in [0.4, 0.5) is 5.95 Å². The van der Waals surface area contributed by atoms with E-state index in [0.717, 1.165) is 31.4 Å². The SMILES string of the molecule is CCCCn1c(N/N=C(\C)CCC)nc2ccccc2c1=O. The van der Waals surface area contributed by atoms with E-state index in [4.69, 9.17) is 0 Å². The number of anilines is 1. The Morgan fingerprint density at radius 1 is 1.27 bits per heavy atom. The molecule has 0 bridgehead atoms. The second-order valence-electron chi connectivity index (χ2n) is 5.47. The lowest BCUT2D eigenvalue weighted by atomic mass is 10.2. The number of hydrogen-bond acceptors (Lipinski definition) is 4. The lowest BCUT2D eigenvalue weighted by molar-refractivity contribution is 0.614. The summed E-state index contributed by atoms with van der Waals surface area (Å²) >= 11 is 0. The van der Waals surface area contributed by atoms with Gasteiger partial charge in [-0.3, -0.25) is 9.36 Å². The van der Waals surface area contributed by atoms with Gasteiger partial charge in [-0.15, -0.1) is 0 Å². The Bertz CT molecular complexity index is 718. The molecule has 2 aromatic rings. The number of unbranched alkanes of at least 4 members (excludes halogenated alkanes) is 1. The Balaban J connectivity index is 2.45. The first-order valence-corrected chi connectivity index (χ1v) is 7.96. The van der Waals surface area contributed by atoms with E-state index in [1.807, 2.05) is 31.2 Å². The molecule has 1 aromatic heterocycles. The molecular formula is C17H24N4O. The van der Waals surface area contributed by atoms with Gasteiger partial charge in [-0.2, -0.15) is 5.10 Å². The fraction of sp³-hybridized carbons (Fsp3) is 0.471. The van der Waals surface area contributed by atoms with Crippen molar-refractivity contribution in [2.24, 2.45) is 5.10 Å². The molecule has 0 aliphatic carbocycles. The Kier molecular flexibility index (Phi) is 5.69. The third kappa shape index (κ3) is 3.72. The van der Waals surface area contributed by atoms with E-state index in [2.05, 4.69) is 29.4 Å². The van der Waals surface area contributed by atoms with Crippen LogP contribution in [0.1, 0.15) is 46.5 Å². The quantitative estimate of drug-likeness (QED) is 0.625. The van der Waals surface area contributed by atoms with Crippen molar-refractivity contribution < 1.29 is 0 Å². The lowest BCUT2D eigenvalue weighted by Crippen LogP contribution is -2.24. The van der Waals surface area contributed by atoms with Gasteiger partial charge in [-0.25, -0.2) is 10.4 Å². The number of benzene rings is 1. The molecule has 5 nitrogen and oxygen atoms in total. The van der Waals surface area contributed by atoms with E-state index in [1.54, 1.807) is 4.57 Å². The minimum atomic E-state index is -0.00936. The number of fused-ring (bicyclic) bond motifs is 1. The number of hydrogen-bond donors (Lipinski definition) is 1. The van der Waals surface area contributed by atoms with Crippen molar-refractivity contribution in [3.8, 4) is 0 Å². The maximum atomic E-state index is 12.7. The molecule has 0 unspecified atom stereocenters. The molecule has 0 spiro atoms. The molecule has 0 amide bonds. The summed E-state index contributed by atoms with van der Waals surface area (Å²) in [5.41, 5.74) is 4.68. The highest BCUT2D eigenvalue weighted by Crippen LogP contribution is 2.12. The van der Waals surface area contributed by atoms with Crippen LogP contribution in [0.25, 0.3) is 10.9 Å². The first kappa shape index (κ1) is 16.2. The maximum absolute atomic E-state index is 12.7. The smallest absolute Gasteiger partial charge is 0.262 e. The summed E-state index contributed by atoms with van der Waals surface area (Å²) in [6.45, 7) is 6.85. The van der Waals surface area contributed by atoms with Crippen LogP contribution >= 0.6 is 0 Å². The van der Waals surface area contributed by atoms with Crippen molar-refractivity contribution in [1.82, 2.24) is 9.55 Å². The molecule has 1 heterocycles. The summed E-state index contributed by atoms with van der Waals surface area (Å²) in [7, 11) is 0. The van der Waals surface area contributed by atoms with Gasteiger partial charge in [0.15, 0.2) is 0 Å². The molecule has 0 atom stereocenters. The molecule has 5 heteroatoms. The predicted octanol–water partition coefficient (Wildman–Crippen LogP) is 3.78. The second-order valence-corrected chi connectivity index (χ2v) is 5.47. The van der Waals surface area contributed by atoms with E-state index in [0.29, 0.717) is 23.4 Å². The average Bonchev–Trinajstić information content (AvgIpc) is 2.52. The third-order valence-electron chi connectivity index (χ3n) is 3.56. The fourth-order valence-corrected chi connectivity index (χ4v) is 2.34. The van der Waals surface area contributed by atoms with Crippen LogP contribution in [0.5, 0.6) is 0 Å². The van der Waals surface area contributed by atoms with Gasteiger partial charge in [0.05, 0.1) is 10.9 Å². The summed E-state index contributed by atoms with van der Waals surface area (Å²) in [5, 5.41) is 5.00. The normalized spacial score (nSPS) is 11.9. The van der Waals surface area contributed by atoms with Crippen LogP contribution < -0.4 is 11.0 Å². The number of nitrogens with one attached hydrogen (secondary N) is 1. The van der Waals surface area contributed by atoms with Crippen molar-refractivity contribution >= 4 is 22.6 Å². The van der Waals surface area contributed by atoms with E-state index in [1.165, 1.54) is 0 Å². The number of nitrogens with zero attached hydrogens (tertiary/aromatic N) is 3. The van der Waals surface area contributed by atoms with Gasteiger partial charge >= 0.3 is 0 Å². The molecule has 0 aliphatic rings. The van der Waals surface area contributed by atoms with Gasteiger partial charge in [0.1, 0.15) is 0 Å². The Hall–Kier alpha value is -2.17. The Morgan fingerprint density at radius 2 is 2.05 bits per heavy atom. The zero-order chi connectivity index (χ0) is 15.9. The average molecular weight is 300 g/mol. The molecule has 1 aromatic carbocycles. The monoisotopic (exact) mass is 300 g/mol. The third-order valence-corrected chi connectivity index (χ3v) is 3.56. The fourth-order valence-electron chi connectivity index (χ4n) is 2.34. The zero-order valence-corrected chi connectivity index (χ0v) is 13.6. The summed E-state index contributed by atoms with van der Waals surface area (Å²) in [6.07, 6.45) is 3.94. The highest BCUT2D eigenvalue weighted by Gasteiger charge is 2.10. The second kappa shape index (κ2) is 7.73. The summed E-state index contributed by atoms with van der Waals surface area (Å²) in [6, 6.07) is 7.43. The minimum Gasteiger partial charge on any atom is -0.277 e. The molecule has 0 fully saturated rings. The van der Waals surface area contributed by atoms with Crippen LogP contribution in [0.15, 0.2) is 34.2 Å². The highest BCUT2D eigenvalue weighted by molar-refractivity contribution is 5.82. The topological polar surface area (TPSA) is 59.3 Å². The number of para-hydroxylation sites is 1. The molecule has 0 saturated heterocycles. The Labute approximate surface area is 131 Å². The predicted molar refractivity (Wildman–Crippen MR) is 92.6 cm³/mol. The molecule has 0 saturated carbocycles. The van der Waals surface area contributed by atoms with Crippen LogP contribution in [-0.2, 0) is 6.54 Å². The van der Waals surface area contributed by atoms with Crippen molar-refractivity contribution in [3.63, 3.8) is 0 Å². The van der Waals surface area contributed by atoms with E-state index in [-0.39, 0.29) is 5.56 Å². The van der Waals surface area contributed by atoms with Crippen molar-refractivity contribution in [1.29, 1.82) is 0 Å². The minimum absolute atomic E-state index is 0.00936. The molecule has 118 valence electrons. The van der Waals surface area contributed by atoms with E-state index >= 15 is 0 Å². The molecular weight excluding hydrogens is 276 g/mol. The van der Waals surface area contributed by atoms with Gasteiger partial charge in [-0.1, -0.05) is 38.8 Å². The molecule has 1 N–H and O–H groups in total. The van der Waals surface area contributed by atoms with Gasteiger partial charge in [0.25, 0.3) is 5.56 Å². The van der Waals surface area contributed by atoms with Crippen molar-refractivity contribution in [2.45, 2.75) is 53.0 Å². The first-order valence-electron chi connectivity index (χ1n) is 7.96. The van der Waals surface area contributed by atoms with Crippen LogP contribution in [-0.4, -0.2) is 15.3 Å². The first-order chi connectivity index (χ1) is 10.7. The molecule has 0 aliphatic heterocycles. The Morgan fingerprint density at radius 3 is 2.77 bits per heavy atom. The number of aromatic nitrogens is 2. The van der Waals surface area contributed by atoms with Crippen molar-refractivity contribution in [3.05, 3.63) is 34.6 Å². The molecule has 22 heavy (non-hydrogen) atoms. The van der Waals surface area contributed by atoms with Crippen LogP contribution in [0.3, 0.4) is 0 Å².